The second-order valence-electron chi connectivity index (χ2n) is 21.6. The van der Waals surface area contributed by atoms with Crippen LogP contribution in [0.3, 0.4) is 0 Å². The van der Waals surface area contributed by atoms with Crippen molar-refractivity contribution >= 4 is 94.0 Å². The maximum Gasteiger partial charge on any atom is 0.329 e. The fraction of sp³-hybridized carbons (Fsp3) is 0.276. The van der Waals surface area contributed by atoms with Crippen LogP contribution in [0.4, 0.5) is 22.7 Å². The number of hydrogen-bond donors (Lipinski definition) is 0. The van der Waals surface area contributed by atoms with Gasteiger partial charge in [-0.1, -0.05) is 146 Å². The van der Waals surface area contributed by atoms with Crippen LogP contribution in [0.2, 0.25) is 0 Å². The molecule has 5 heterocycles. The lowest BCUT2D eigenvalue weighted by Crippen LogP contribution is -2.70. The van der Waals surface area contributed by atoms with E-state index in [9.17, 15) is 0 Å². The van der Waals surface area contributed by atoms with Crippen LogP contribution in [0.1, 0.15) is 97.8 Å². The summed E-state index contributed by atoms with van der Waals surface area (Å²) in [7, 11) is 0. The molecule has 0 bridgehead atoms. The molecule has 0 saturated heterocycles. The minimum Gasteiger partial charge on any atom is -0.456 e. The number of anilines is 4. The molecule has 0 radical (unpaired) electrons. The summed E-state index contributed by atoms with van der Waals surface area (Å²) >= 11 is 1.99. The van der Waals surface area contributed by atoms with Gasteiger partial charge in [-0.3, -0.25) is 0 Å². The Labute approximate surface area is 375 Å². The Morgan fingerprint density at radius 1 is 0.619 bits per heavy atom. The number of fused-ring (bicyclic) bond motifs is 15. The van der Waals surface area contributed by atoms with Gasteiger partial charge in [-0.2, -0.15) is 0 Å². The van der Waals surface area contributed by atoms with Crippen molar-refractivity contribution in [3.63, 3.8) is 0 Å². The molecule has 310 valence electrons. The Morgan fingerprint density at radius 3 is 2.13 bits per heavy atom. The first kappa shape index (κ1) is 37.8. The predicted molar refractivity (Wildman–Crippen MR) is 271 cm³/mol. The number of hydrogen-bond acceptors (Lipinski definition) is 4. The van der Waals surface area contributed by atoms with Crippen molar-refractivity contribution < 1.29 is 4.42 Å². The van der Waals surface area contributed by atoms with E-state index in [1.54, 1.807) is 5.56 Å². The summed E-state index contributed by atoms with van der Waals surface area (Å²) in [5, 5.41) is 5.02. The normalized spacial score (nSPS) is 20.2. The van der Waals surface area contributed by atoms with Gasteiger partial charge in [-0.25, -0.2) is 0 Å². The zero-order valence-electron chi connectivity index (χ0n) is 37.7. The van der Waals surface area contributed by atoms with Gasteiger partial charge >= 0.3 is 6.85 Å². The lowest BCUT2D eigenvalue weighted by Gasteiger charge is -2.55. The number of furan rings is 1. The largest absolute Gasteiger partial charge is 0.456 e. The Kier molecular flexibility index (Phi) is 7.48. The molecule has 7 aromatic carbocycles. The van der Waals surface area contributed by atoms with Crippen molar-refractivity contribution in [2.24, 2.45) is 0 Å². The molecule has 2 aromatic heterocycles. The van der Waals surface area contributed by atoms with Gasteiger partial charge in [0.25, 0.3) is 0 Å². The van der Waals surface area contributed by atoms with E-state index in [0.717, 1.165) is 23.0 Å². The molecule has 0 N–H and O–H groups in total. The zero-order valence-corrected chi connectivity index (χ0v) is 38.6. The van der Waals surface area contributed by atoms with E-state index < -0.39 is 0 Å². The number of thiophene rings is 1. The van der Waals surface area contributed by atoms with Gasteiger partial charge in [0.1, 0.15) is 11.2 Å². The third-order valence-corrected chi connectivity index (χ3v) is 17.3. The second-order valence-corrected chi connectivity index (χ2v) is 22.6. The van der Waals surface area contributed by atoms with Crippen LogP contribution in [0.5, 0.6) is 0 Å². The summed E-state index contributed by atoms with van der Waals surface area (Å²) in [6.45, 7) is 19.5. The monoisotopic (exact) mass is 836 g/mol. The molecule has 9 aromatic rings. The van der Waals surface area contributed by atoms with Crippen molar-refractivity contribution in [2.75, 3.05) is 9.71 Å². The van der Waals surface area contributed by atoms with Crippen LogP contribution >= 0.6 is 11.3 Å². The average Bonchev–Trinajstić information content (AvgIpc) is 3.91. The molecule has 13 rings (SSSR count). The van der Waals surface area contributed by atoms with Gasteiger partial charge in [0.2, 0.25) is 0 Å². The molecule has 1 aliphatic carbocycles. The Morgan fingerprint density at radius 2 is 1.33 bits per heavy atom. The fourth-order valence-electron chi connectivity index (χ4n) is 12.6. The highest BCUT2D eigenvalue weighted by Gasteiger charge is 2.63. The van der Waals surface area contributed by atoms with Crippen LogP contribution < -0.4 is 20.6 Å². The minimum absolute atomic E-state index is 0.000361. The van der Waals surface area contributed by atoms with Gasteiger partial charge in [-0.15, -0.1) is 11.3 Å². The summed E-state index contributed by atoms with van der Waals surface area (Å²) in [6, 6.07) is 48.8. The van der Waals surface area contributed by atoms with Gasteiger partial charge in [0.05, 0.1) is 16.8 Å². The van der Waals surface area contributed by atoms with Crippen LogP contribution in [0.25, 0.3) is 64.4 Å². The van der Waals surface area contributed by atoms with Gasteiger partial charge < -0.3 is 14.1 Å². The maximum atomic E-state index is 6.84. The smallest absolute Gasteiger partial charge is 0.329 e. The number of para-hydroxylation sites is 1. The first-order valence-electron chi connectivity index (χ1n) is 23.2. The summed E-state index contributed by atoms with van der Waals surface area (Å²) < 4.78 is 9.59. The van der Waals surface area contributed by atoms with E-state index in [2.05, 4.69) is 192 Å². The first-order valence-corrected chi connectivity index (χ1v) is 24.0. The molecular formula is C58H53BN2OS. The van der Waals surface area contributed by atoms with Crippen molar-refractivity contribution in [1.82, 2.24) is 0 Å². The Bertz CT molecular complexity index is 3440. The Hall–Kier alpha value is -5.78. The molecule has 5 heteroatoms. The summed E-state index contributed by atoms with van der Waals surface area (Å²) in [5.41, 5.74) is 19.3. The molecule has 0 spiro atoms. The lowest BCUT2D eigenvalue weighted by molar-refractivity contribution is 0.199. The van der Waals surface area contributed by atoms with Gasteiger partial charge in [0, 0.05) is 64.6 Å². The van der Waals surface area contributed by atoms with Crippen LogP contribution in [-0.2, 0) is 16.2 Å². The standard InChI is InChI=1S/C58H53BN2OS/c1-55(2,3)35-24-26-44(39(30-35)34-18-10-9-11-19-34)60-45-33-40-37-20-13-15-23-48(37)63-54(40)50-41-31-36(56(4,5)6)32-42-52(41)61(58(8)29-17-16-28-57(42,58)7)59(51(45)50)43-25-27-47-49(53(43)60)38-21-12-14-22-46(38)62-47/h9-15,18-27,30-33H,16-17,28-29H2,1-8H3. The molecule has 3 nitrogen and oxygen atoms in total. The van der Waals surface area contributed by atoms with E-state index in [1.807, 2.05) is 11.3 Å². The van der Waals surface area contributed by atoms with Gasteiger partial charge in [-0.05, 0) is 106 Å². The third kappa shape index (κ3) is 4.87. The molecule has 3 aliphatic heterocycles. The van der Waals surface area contributed by atoms with Crippen molar-refractivity contribution in [3.8, 4) is 22.3 Å². The minimum atomic E-state index is -0.0932. The van der Waals surface area contributed by atoms with Gasteiger partial charge in [0.15, 0.2) is 0 Å². The predicted octanol–water partition coefficient (Wildman–Crippen LogP) is 15.2. The SMILES string of the molecule is CC(C)(C)c1ccc(N2c3cc4c(sc5ccccc54)c4c3B(c3ccc5oc6ccccc6c5c32)N2c3c-4cc(C(C)(C)C)cc3C3(C)CCCCC23C)c(-c2ccccc2)c1. The van der Waals surface area contributed by atoms with Crippen LogP contribution in [0.15, 0.2) is 132 Å². The summed E-state index contributed by atoms with van der Waals surface area (Å²) in [6.07, 6.45) is 4.86. The first-order chi connectivity index (χ1) is 30.3. The summed E-state index contributed by atoms with van der Waals surface area (Å²) in [5.74, 6) is 0. The van der Waals surface area contributed by atoms with E-state index >= 15 is 0 Å². The highest BCUT2D eigenvalue weighted by Crippen LogP contribution is 2.65. The van der Waals surface area contributed by atoms with Crippen molar-refractivity contribution in [2.45, 2.75) is 103 Å². The maximum absolute atomic E-state index is 6.84. The fourth-order valence-corrected chi connectivity index (χ4v) is 13.9. The topological polar surface area (TPSA) is 19.6 Å². The quantitative estimate of drug-likeness (QED) is 0.162. The number of rotatable bonds is 2. The Balaban J connectivity index is 1.26. The van der Waals surface area contributed by atoms with Crippen molar-refractivity contribution in [3.05, 3.63) is 144 Å². The molecule has 2 atom stereocenters. The number of benzene rings is 7. The highest BCUT2D eigenvalue weighted by molar-refractivity contribution is 7.26. The highest BCUT2D eigenvalue weighted by atomic mass is 32.1. The van der Waals surface area contributed by atoms with E-state index in [4.69, 9.17) is 4.42 Å². The molecule has 1 fully saturated rings. The number of nitrogens with zero attached hydrogens (tertiary/aromatic N) is 2. The lowest BCUT2D eigenvalue weighted by atomic mass is 9.42. The van der Waals surface area contributed by atoms with E-state index in [-0.39, 0.29) is 28.6 Å². The zero-order chi connectivity index (χ0) is 42.9. The molecule has 63 heavy (non-hydrogen) atoms. The van der Waals surface area contributed by atoms with Crippen molar-refractivity contribution in [1.29, 1.82) is 0 Å². The third-order valence-electron chi connectivity index (χ3n) is 16.1. The summed E-state index contributed by atoms with van der Waals surface area (Å²) in [4.78, 5) is 5.67. The van der Waals surface area contributed by atoms with E-state index in [1.165, 1.54) is 112 Å². The second kappa shape index (κ2) is 12.5. The molecule has 4 aliphatic rings. The molecule has 1 saturated carbocycles. The van der Waals surface area contributed by atoms with Crippen LogP contribution in [0, 0.1) is 0 Å². The molecular weight excluding hydrogens is 784 g/mol. The molecule has 0 amide bonds. The average molecular weight is 837 g/mol. The van der Waals surface area contributed by atoms with Crippen LogP contribution in [-0.4, -0.2) is 12.4 Å². The van der Waals surface area contributed by atoms with E-state index in [0.29, 0.717) is 0 Å². The molecule has 2 unspecified atom stereocenters.